The van der Waals surface area contributed by atoms with Crippen LogP contribution in [0.5, 0.6) is 0 Å². The zero-order valence-electron chi connectivity index (χ0n) is 16.4. The summed E-state index contributed by atoms with van der Waals surface area (Å²) in [6, 6.07) is 15.8. The van der Waals surface area contributed by atoms with Gasteiger partial charge in [-0.3, -0.25) is 14.9 Å². The quantitative estimate of drug-likeness (QED) is 0.619. The standard InChI is InChI=1S/C21H18N4O6/c1-25(10-17(26)27)20(28)18-19(24-31-23-18)22-21(29)30-11-16-14-8-4-2-6-12(14)13-7-3-5-9-15(13)16/h2-9,16H,10-11H2,1H3,(H,26,27)(H,22,24,29). The molecule has 1 aromatic heterocycles. The van der Waals surface area contributed by atoms with E-state index in [1.165, 1.54) is 7.05 Å². The van der Waals surface area contributed by atoms with Crippen molar-refractivity contribution in [3.8, 4) is 11.1 Å². The molecular weight excluding hydrogens is 404 g/mol. The lowest BCUT2D eigenvalue weighted by Gasteiger charge is -2.15. The normalized spacial score (nSPS) is 12.0. The van der Waals surface area contributed by atoms with E-state index in [2.05, 4.69) is 20.3 Å². The number of anilines is 1. The molecule has 0 bridgehead atoms. The highest BCUT2D eigenvalue weighted by Gasteiger charge is 2.30. The average Bonchev–Trinajstić information content (AvgIpc) is 3.33. The second kappa shape index (κ2) is 8.27. The number of amides is 2. The van der Waals surface area contributed by atoms with Crippen LogP contribution in [0.4, 0.5) is 10.6 Å². The zero-order valence-corrected chi connectivity index (χ0v) is 16.4. The summed E-state index contributed by atoms with van der Waals surface area (Å²) in [7, 11) is 1.28. The number of fused-ring (bicyclic) bond motifs is 3. The first-order valence-corrected chi connectivity index (χ1v) is 9.37. The fraction of sp³-hybridized carbons (Fsp3) is 0.190. The van der Waals surface area contributed by atoms with E-state index in [0.29, 0.717) is 0 Å². The number of hydrogen-bond donors (Lipinski definition) is 2. The summed E-state index contributed by atoms with van der Waals surface area (Å²) >= 11 is 0. The molecule has 3 aromatic rings. The zero-order chi connectivity index (χ0) is 22.0. The van der Waals surface area contributed by atoms with Crippen LogP contribution >= 0.6 is 0 Å². The molecule has 0 radical (unpaired) electrons. The molecule has 2 amide bonds. The van der Waals surface area contributed by atoms with E-state index in [-0.39, 0.29) is 24.0 Å². The van der Waals surface area contributed by atoms with E-state index in [9.17, 15) is 14.4 Å². The van der Waals surface area contributed by atoms with Crippen LogP contribution < -0.4 is 5.32 Å². The van der Waals surface area contributed by atoms with Crippen LogP contribution in [-0.2, 0) is 9.53 Å². The molecular formula is C21H18N4O6. The minimum Gasteiger partial charge on any atom is -0.480 e. The summed E-state index contributed by atoms with van der Waals surface area (Å²) < 4.78 is 9.92. The average molecular weight is 422 g/mol. The van der Waals surface area contributed by atoms with Crippen molar-refractivity contribution in [2.24, 2.45) is 0 Å². The van der Waals surface area contributed by atoms with Gasteiger partial charge in [-0.2, -0.15) is 0 Å². The lowest BCUT2D eigenvalue weighted by molar-refractivity contribution is -0.137. The Bertz CT molecular complexity index is 1110. The summed E-state index contributed by atoms with van der Waals surface area (Å²) in [4.78, 5) is 36.3. The number of carboxylic acids is 1. The van der Waals surface area contributed by atoms with Crippen molar-refractivity contribution < 1.29 is 28.9 Å². The number of carboxylic acid groups (broad SMARTS) is 1. The predicted molar refractivity (Wildman–Crippen MR) is 108 cm³/mol. The van der Waals surface area contributed by atoms with Gasteiger partial charge in [-0.15, -0.1) is 0 Å². The Balaban J connectivity index is 1.44. The van der Waals surface area contributed by atoms with Gasteiger partial charge < -0.3 is 14.7 Å². The predicted octanol–water partition coefficient (Wildman–Crippen LogP) is 2.59. The van der Waals surface area contributed by atoms with Gasteiger partial charge in [-0.1, -0.05) is 48.5 Å². The minimum atomic E-state index is -1.20. The number of nitrogens with one attached hydrogen (secondary N) is 1. The maximum Gasteiger partial charge on any atom is 0.412 e. The Hall–Kier alpha value is -4.21. The monoisotopic (exact) mass is 422 g/mol. The molecule has 2 aromatic carbocycles. The lowest BCUT2D eigenvalue weighted by Crippen LogP contribution is -2.33. The Labute approximate surface area is 176 Å². The van der Waals surface area contributed by atoms with Gasteiger partial charge in [0.15, 0.2) is 0 Å². The Morgan fingerprint density at radius 2 is 1.68 bits per heavy atom. The fourth-order valence-corrected chi connectivity index (χ4v) is 3.60. The fourth-order valence-electron chi connectivity index (χ4n) is 3.60. The molecule has 10 heteroatoms. The van der Waals surface area contributed by atoms with E-state index in [1.807, 2.05) is 48.5 Å². The number of rotatable bonds is 6. The molecule has 1 aliphatic carbocycles. The first kappa shape index (κ1) is 20.1. The highest BCUT2D eigenvalue weighted by atomic mass is 16.6. The molecule has 0 atom stereocenters. The van der Waals surface area contributed by atoms with Crippen LogP contribution in [-0.4, -0.2) is 58.5 Å². The van der Waals surface area contributed by atoms with Crippen LogP contribution in [0.15, 0.2) is 53.2 Å². The Morgan fingerprint density at radius 1 is 1.06 bits per heavy atom. The van der Waals surface area contributed by atoms with Crippen LogP contribution in [0.1, 0.15) is 27.5 Å². The van der Waals surface area contributed by atoms with Gasteiger partial charge in [0.1, 0.15) is 13.2 Å². The summed E-state index contributed by atoms with van der Waals surface area (Å²) in [5.74, 6) is -2.34. The number of carbonyl (C=O) groups is 3. The molecule has 0 fully saturated rings. The van der Waals surface area contributed by atoms with Crippen LogP contribution in [0.3, 0.4) is 0 Å². The maximum atomic E-state index is 12.4. The molecule has 0 unspecified atom stereocenters. The summed E-state index contributed by atoms with van der Waals surface area (Å²) in [5, 5.41) is 18.1. The molecule has 4 rings (SSSR count). The second-order valence-corrected chi connectivity index (χ2v) is 6.97. The second-order valence-electron chi connectivity index (χ2n) is 6.97. The van der Waals surface area contributed by atoms with Crippen molar-refractivity contribution in [1.82, 2.24) is 15.2 Å². The molecule has 2 N–H and O–H groups in total. The van der Waals surface area contributed by atoms with E-state index >= 15 is 0 Å². The molecule has 0 aliphatic heterocycles. The van der Waals surface area contributed by atoms with Crippen LogP contribution in [0, 0.1) is 0 Å². The topological polar surface area (TPSA) is 135 Å². The number of benzene rings is 2. The van der Waals surface area contributed by atoms with Crippen molar-refractivity contribution in [2.75, 3.05) is 25.5 Å². The number of hydrogen-bond acceptors (Lipinski definition) is 7. The van der Waals surface area contributed by atoms with Gasteiger partial charge >= 0.3 is 12.1 Å². The summed E-state index contributed by atoms with van der Waals surface area (Å²) in [6.45, 7) is -0.469. The molecule has 1 heterocycles. The maximum absolute atomic E-state index is 12.4. The minimum absolute atomic E-state index is 0.0767. The van der Waals surface area contributed by atoms with Gasteiger partial charge in [-0.05, 0) is 32.6 Å². The van der Waals surface area contributed by atoms with Crippen LogP contribution in [0.2, 0.25) is 0 Å². The lowest BCUT2D eigenvalue weighted by atomic mass is 9.98. The first-order chi connectivity index (χ1) is 15.0. The third-order valence-corrected chi connectivity index (χ3v) is 4.97. The Morgan fingerprint density at radius 3 is 2.29 bits per heavy atom. The van der Waals surface area contributed by atoms with Crippen molar-refractivity contribution >= 4 is 23.8 Å². The number of carbonyl (C=O) groups excluding carboxylic acids is 2. The number of aliphatic carboxylic acids is 1. The summed E-state index contributed by atoms with van der Waals surface area (Å²) in [6.07, 6.45) is -0.840. The van der Waals surface area contributed by atoms with Crippen LogP contribution in [0.25, 0.3) is 11.1 Å². The third kappa shape index (κ3) is 3.95. The number of nitrogens with zero attached hydrogens (tertiary/aromatic N) is 3. The molecule has 1 aliphatic rings. The van der Waals surface area contributed by atoms with E-state index in [1.54, 1.807) is 0 Å². The Kier molecular flexibility index (Phi) is 5.35. The highest BCUT2D eigenvalue weighted by molar-refractivity contribution is 6.00. The molecule has 10 nitrogen and oxygen atoms in total. The molecule has 31 heavy (non-hydrogen) atoms. The van der Waals surface area contributed by atoms with Gasteiger partial charge in [0.2, 0.25) is 11.5 Å². The van der Waals surface area contributed by atoms with Crippen molar-refractivity contribution in [3.05, 3.63) is 65.4 Å². The van der Waals surface area contributed by atoms with E-state index < -0.39 is 24.5 Å². The number of likely N-dealkylation sites (N-methyl/N-ethyl adjacent to an activating group) is 1. The smallest absolute Gasteiger partial charge is 0.412 e. The first-order valence-electron chi connectivity index (χ1n) is 9.37. The van der Waals surface area contributed by atoms with Crippen molar-refractivity contribution in [2.45, 2.75) is 5.92 Å². The molecule has 0 saturated heterocycles. The summed E-state index contributed by atoms with van der Waals surface area (Å²) in [5.41, 5.74) is 4.00. The van der Waals surface area contributed by atoms with Gasteiger partial charge in [-0.25, -0.2) is 9.42 Å². The molecule has 0 spiro atoms. The van der Waals surface area contributed by atoms with E-state index in [0.717, 1.165) is 27.2 Å². The SMILES string of the molecule is CN(CC(=O)O)C(=O)c1nonc1NC(=O)OCC1c2ccccc2-c2ccccc21. The number of aromatic nitrogens is 2. The van der Waals surface area contributed by atoms with Crippen molar-refractivity contribution in [1.29, 1.82) is 0 Å². The molecule has 0 saturated carbocycles. The van der Waals surface area contributed by atoms with Gasteiger partial charge in [0.25, 0.3) is 5.91 Å². The van der Waals surface area contributed by atoms with Crippen molar-refractivity contribution in [3.63, 3.8) is 0 Å². The van der Waals surface area contributed by atoms with Gasteiger partial charge in [0.05, 0.1) is 0 Å². The number of ether oxygens (including phenoxy) is 1. The largest absolute Gasteiger partial charge is 0.480 e. The van der Waals surface area contributed by atoms with E-state index in [4.69, 9.17) is 9.84 Å². The highest BCUT2D eigenvalue weighted by Crippen LogP contribution is 2.44. The third-order valence-electron chi connectivity index (χ3n) is 4.97. The molecule has 158 valence electrons. The van der Waals surface area contributed by atoms with Gasteiger partial charge in [0, 0.05) is 13.0 Å².